The minimum Gasteiger partial charge on any atom is -0.390 e. The summed E-state index contributed by atoms with van der Waals surface area (Å²) >= 11 is 1.12. The predicted octanol–water partition coefficient (Wildman–Crippen LogP) is -0.348. The Labute approximate surface area is 86.8 Å². The highest BCUT2D eigenvalue weighted by atomic mass is 32.2. The van der Waals surface area contributed by atoms with E-state index in [2.05, 4.69) is 5.32 Å². The van der Waals surface area contributed by atoms with Crippen LogP contribution in [0.2, 0.25) is 0 Å². The molecule has 0 aromatic heterocycles. The number of rotatable bonds is 4. The summed E-state index contributed by atoms with van der Waals surface area (Å²) in [7, 11) is 1.71. The Kier molecular flexibility index (Phi) is 4.37. The first-order chi connectivity index (χ1) is 6.65. The normalized spacial score (nSPS) is 20.0. The number of hydrogen-bond acceptors (Lipinski definition) is 5. The zero-order chi connectivity index (χ0) is 10.6. The van der Waals surface area contributed by atoms with Crippen LogP contribution in [0, 0.1) is 0 Å². The summed E-state index contributed by atoms with van der Waals surface area (Å²) in [6.45, 7) is 0.466. The molecule has 0 aromatic rings. The molecule has 1 saturated heterocycles. The van der Waals surface area contributed by atoms with Crippen LogP contribution >= 0.6 is 11.8 Å². The van der Waals surface area contributed by atoms with E-state index >= 15 is 0 Å². The third-order valence-electron chi connectivity index (χ3n) is 1.90. The molecule has 5 nitrogen and oxygen atoms in total. The first-order valence-corrected chi connectivity index (χ1v) is 5.43. The van der Waals surface area contributed by atoms with Crippen LogP contribution < -0.4 is 5.32 Å². The van der Waals surface area contributed by atoms with Crippen LogP contribution in [0.1, 0.15) is 6.42 Å². The van der Waals surface area contributed by atoms with Crippen molar-refractivity contribution in [2.45, 2.75) is 12.5 Å². The van der Waals surface area contributed by atoms with Crippen molar-refractivity contribution < 1.29 is 14.7 Å². The van der Waals surface area contributed by atoms with Gasteiger partial charge in [0.25, 0.3) is 5.24 Å². The van der Waals surface area contributed by atoms with Gasteiger partial charge < -0.3 is 10.4 Å². The Morgan fingerprint density at radius 1 is 1.64 bits per heavy atom. The van der Waals surface area contributed by atoms with Crippen LogP contribution in [0.3, 0.4) is 0 Å². The molecule has 14 heavy (non-hydrogen) atoms. The Bertz CT molecular complexity index is 219. The fraction of sp³-hybridized carbons (Fsp3) is 0.750. The van der Waals surface area contributed by atoms with E-state index in [-0.39, 0.29) is 17.7 Å². The summed E-state index contributed by atoms with van der Waals surface area (Å²) in [6.07, 6.45) is -0.311. The molecule has 6 heteroatoms. The summed E-state index contributed by atoms with van der Waals surface area (Å²) in [5.41, 5.74) is 0. The minimum absolute atomic E-state index is 0.0888. The van der Waals surface area contributed by atoms with E-state index in [9.17, 15) is 14.7 Å². The van der Waals surface area contributed by atoms with E-state index < -0.39 is 6.10 Å². The number of thioether (sulfide) groups is 1. The molecule has 1 aliphatic heterocycles. The number of hydrogen-bond donors (Lipinski definition) is 2. The molecular formula is C8H14N2O3S. The molecule has 0 bridgehead atoms. The molecule has 0 spiro atoms. The van der Waals surface area contributed by atoms with Gasteiger partial charge in [0.05, 0.1) is 12.6 Å². The summed E-state index contributed by atoms with van der Waals surface area (Å²) in [4.78, 5) is 23.7. The molecule has 1 heterocycles. The first-order valence-electron chi connectivity index (χ1n) is 4.45. The molecule has 0 aromatic carbocycles. The number of nitrogens with one attached hydrogen (secondary N) is 1. The fourth-order valence-electron chi connectivity index (χ4n) is 1.23. The number of amides is 2. The molecule has 2 amide bonds. The Morgan fingerprint density at radius 2 is 2.36 bits per heavy atom. The molecule has 0 aliphatic carbocycles. The van der Waals surface area contributed by atoms with Crippen molar-refractivity contribution in [3.05, 3.63) is 0 Å². The number of imide groups is 1. The van der Waals surface area contributed by atoms with Gasteiger partial charge in [-0.05, 0) is 7.05 Å². The lowest BCUT2D eigenvalue weighted by molar-refractivity contribution is -0.128. The Balaban J connectivity index is 2.47. The van der Waals surface area contributed by atoms with Crippen molar-refractivity contribution in [1.82, 2.24) is 10.2 Å². The van der Waals surface area contributed by atoms with Crippen LogP contribution in [0.5, 0.6) is 0 Å². The van der Waals surface area contributed by atoms with Gasteiger partial charge >= 0.3 is 0 Å². The largest absolute Gasteiger partial charge is 0.390 e. The number of carbonyl (C=O) groups is 2. The number of nitrogens with zero attached hydrogens (tertiary/aromatic N) is 1. The smallest absolute Gasteiger partial charge is 0.288 e. The highest BCUT2D eigenvalue weighted by molar-refractivity contribution is 8.13. The van der Waals surface area contributed by atoms with Gasteiger partial charge in [-0.2, -0.15) is 0 Å². The van der Waals surface area contributed by atoms with Gasteiger partial charge in [0, 0.05) is 18.7 Å². The SMILES string of the molecule is CNCC(O)CN1C(=O)CCSC1=O. The van der Waals surface area contributed by atoms with Crippen LogP contribution in [0.15, 0.2) is 0 Å². The van der Waals surface area contributed by atoms with Crippen molar-refractivity contribution >= 4 is 22.9 Å². The van der Waals surface area contributed by atoms with Crippen LogP contribution in [-0.2, 0) is 4.79 Å². The van der Waals surface area contributed by atoms with Gasteiger partial charge in [0.2, 0.25) is 5.91 Å². The zero-order valence-electron chi connectivity index (χ0n) is 8.02. The second-order valence-corrected chi connectivity index (χ2v) is 4.13. The van der Waals surface area contributed by atoms with Gasteiger partial charge in [-0.25, -0.2) is 0 Å². The average molecular weight is 218 g/mol. The number of carbonyl (C=O) groups excluding carboxylic acids is 2. The van der Waals surface area contributed by atoms with Crippen molar-refractivity contribution in [2.75, 3.05) is 25.9 Å². The topological polar surface area (TPSA) is 69.6 Å². The van der Waals surface area contributed by atoms with Crippen LogP contribution in [0.4, 0.5) is 4.79 Å². The van der Waals surface area contributed by atoms with Gasteiger partial charge in [0.15, 0.2) is 0 Å². The number of aliphatic hydroxyl groups excluding tert-OH is 1. The average Bonchev–Trinajstić information content (AvgIpc) is 2.12. The van der Waals surface area contributed by atoms with Crippen molar-refractivity contribution in [2.24, 2.45) is 0 Å². The van der Waals surface area contributed by atoms with E-state index in [0.29, 0.717) is 18.7 Å². The lowest BCUT2D eigenvalue weighted by atomic mass is 10.3. The van der Waals surface area contributed by atoms with Crippen LogP contribution in [0.25, 0.3) is 0 Å². The molecule has 0 saturated carbocycles. The maximum absolute atomic E-state index is 11.3. The molecule has 1 aliphatic rings. The summed E-state index contributed by atoms with van der Waals surface area (Å²) < 4.78 is 0. The van der Waals surface area contributed by atoms with Crippen LogP contribution in [-0.4, -0.2) is 53.1 Å². The highest BCUT2D eigenvalue weighted by Crippen LogP contribution is 2.18. The molecule has 1 rings (SSSR count). The van der Waals surface area contributed by atoms with E-state index in [0.717, 1.165) is 16.7 Å². The highest BCUT2D eigenvalue weighted by Gasteiger charge is 2.28. The van der Waals surface area contributed by atoms with Gasteiger partial charge in [-0.15, -0.1) is 0 Å². The molecule has 2 N–H and O–H groups in total. The summed E-state index contributed by atoms with van der Waals surface area (Å²) in [5.74, 6) is 0.361. The van der Waals surface area contributed by atoms with Crippen molar-refractivity contribution in [1.29, 1.82) is 0 Å². The molecule has 1 unspecified atom stereocenters. The molecule has 1 atom stereocenters. The number of aliphatic hydroxyl groups is 1. The van der Waals surface area contributed by atoms with Gasteiger partial charge in [-0.3, -0.25) is 14.5 Å². The van der Waals surface area contributed by atoms with Gasteiger partial charge in [-0.1, -0.05) is 11.8 Å². The Morgan fingerprint density at radius 3 is 2.93 bits per heavy atom. The number of β-amino-alcohol motifs (C(OH)–C–C–N with tert-alkyl or cyclic N) is 1. The maximum Gasteiger partial charge on any atom is 0.288 e. The van der Waals surface area contributed by atoms with Crippen molar-refractivity contribution in [3.63, 3.8) is 0 Å². The number of likely N-dealkylation sites (N-methyl/N-ethyl adjacent to an activating group) is 1. The second kappa shape index (κ2) is 5.33. The second-order valence-electron chi connectivity index (χ2n) is 3.08. The fourth-order valence-corrected chi connectivity index (χ4v) is 2.01. The standard InChI is InChI=1S/C8H14N2O3S/c1-9-4-6(11)5-10-7(12)2-3-14-8(10)13/h6,9,11H,2-5H2,1H3. The zero-order valence-corrected chi connectivity index (χ0v) is 8.84. The Hall–Kier alpha value is -0.590. The minimum atomic E-state index is -0.688. The summed E-state index contributed by atoms with van der Waals surface area (Å²) in [5, 5.41) is 11.9. The monoisotopic (exact) mass is 218 g/mol. The lowest BCUT2D eigenvalue weighted by Gasteiger charge is -2.26. The third kappa shape index (κ3) is 2.97. The summed E-state index contributed by atoms with van der Waals surface area (Å²) in [6, 6.07) is 0. The third-order valence-corrected chi connectivity index (χ3v) is 2.77. The molecule has 80 valence electrons. The lowest BCUT2D eigenvalue weighted by Crippen LogP contribution is -2.45. The maximum atomic E-state index is 11.3. The van der Waals surface area contributed by atoms with E-state index in [4.69, 9.17) is 0 Å². The molecular weight excluding hydrogens is 204 g/mol. The first kappa shape index (κ1) is 11.5. The predicted molar refractivity (Wildman–Crippen MR) is 54.1 cm³/mol. The van der Waals surface area contributed by atoms with Gasteiger partial charge in [0.1, 0.15) is 0 Å². The molecule has 1 fully saturated rings. The molecule has 0 radical (unpaired) electrons. The van der Waals surface area contributed by atoms with E-state index in [1.165, 1.54) is 0 Å². The van der Waals surface area contributed by atoms with Crippen molar-refractivity contribution in [3.8, 4) is 0 Å². The quantitative estimate of drug-likeness (QED) is 0.675. The van der Waals surface area contributed by atoms with E-state index in [1.807, 2.05) is 0 Å². The van der Waals surface area contributed by atoms with E-state index in [1.54, 1.807) is 7.05 Å².